The number of hydrogen-bond donors (Lipinski definition) is 1. The summed E-state index contributed by atoms with van der Waals surface area (Å²) in [6.07, 6.45) is 2.42. The normalized spacial score (nSPS) is 24.0. The van der Waals surface area contributed by atoms with E-state index >= 15 is 0 Å². The summed E-state index contributed by atoms with van der Waals surface area (Å²) in [5, 5.41) is 9.29. The van der Waals surface area contributed by atoms with Crippen LogP contribution >= 0.6 is 11.8 Å². The Bertz CT molecular complexity index is 631. The van der Waals surface area contributed by atoms with E-state index in [1.165, 1.54) is 12.1 Å². The van der Waals surface area contributed by atoms with Crippen LogP contribution in [-0.4, -0.2) is 53.4 Å². The summed E-state index contributed by atoms with van der Waals surface area (Å²) >= 11 is 1.55. The monoisotopic (exact) mass is 381 g/mol. The first-order chi connectivity index (χ1) is 12.5. The van der Waals surface area contributed by atoms with Crippen LogP contribution in [-0.2, 0) is 14.3 Å². The van der Waals surface area contributed by atoms with Gasteiger partial charge in [0.05, 0.1) is 12.0 Å². The van der Waals surface area contributed by atoms with Crippen LogP contribution in [0.2, 0.25) is 0 Å². The van der Waals surface area contributed by atoms with Gasteiger partial charge in [0.15, 0.2) is 0 Å². The number of aliphatic carboxylic acids is 1. The lowest BCUT2D eigenvalue weighted by Crippen LogP contribution is -2.43. The van der Waals surface area contributed by atoms with Crippen molar-refractivity contribution in [3.05, 3.63) is 30.1 Å². The Hall–Kier alpha value is -1.60. The molecule has 2 aliphatic heterocycles. The third kappa shape index (κ3) is 4.76. The third-order valence-corrected chi connectivity index (χ3v) is 6.22. The first-order valence-corrected chi connectivity index (χ1v) is 10.0. The van der Waals surface area contributed by atoms with E-state index in [4.69, 9.17) is 4.74 Å². The van der Waals surface area contributed by atoms with Crippen molar-refractivity contribution in [1.29, 1.82) is 0 Å². The Kier molecular flexibility index (Phi) is 6.53. The molecule has 0 spiro atoms. The molecule has 2 atom stereocenters. The Balaban J connectivity index is 1.40. The van der Waals surface area contributed by atoms with Crippen LogP contribution in [0.3, 0.4) is 0 Å². The second-order valence-electron chi connectivity index (χ2n) is 6.84. The van der Waals surface area contributed by atoms with Crippen molar-refractivity contribution >= 4 is 23.6 Å². The molecule has 1 aromatic rings. The number of halogens is 1. The van der Waals surface area contributed by atoms with Crippen LogP contribution in [0.25, 0.3) is 0 Å². The molecule has 1 unspecified atom stereocenters. The van der Waals surface area contributed by atoms with Crippen LogP contribution in [0.15, 0.2) is 29.2 Å². The number of piperidine rings is 1. The summed E-state index contributed by atoms with van der Waals surface area (Å²) in [4.78, 5) is 26.5. The van der Waals surface area contributed by atoms with E-state index in [1.54, 1.807) is 23.9 Å². The molecular formula is C19H24FNO4S. The topological polar surface area (TPSA) is 66.8 Å². The fraction of sp³-hybridized carbons (Fsp3) is 0.579. The zero-order valence-corrected chi connectivity index (χ0v) is 15.4. The van der Waals surface area contributed by atoms with Crippen molar-refractivity contribution in [2.75, 3.05) is 25.4 Å². The Labute approximate surface area is 156 Å². The summed E-state index contributed by atoms with van der Waals surface area (Å²) in [5.41, 5.74) is 0. The highest BCUT2D eigenvalue weighted by atomic mass is 32.2. The zero-order valence-electron chi connectivity index (χ0n) is 14.6. The predicted molar refractivity (Wildman–Crippen MR) is 96.5 cm³/mol. The lowest BCUT2D eigenvalue weighted by molar-refractivity contribution is -0.146. The quantitative estimate of drug-likeness (QED) is 0.767. The fourth-order valence-corrected chi connectivity index (χ4v) is 4.60. The molecule has 5 nitrogen and oxygen atoms in total. The Morgan fingerprint density at radius 3 is 2.54 bits per heavy atom. The number of carboxylic acid groups (broad SMARTS) is 1. The van der Waals surface area contributed by atoms with Gasteiger partial charge in [-0.1, -0.05) is 0 Å². The number of thioether (sulfide) groups is 1. The molecule has 0 radical (unpaired) electrons. The molecule has 1 amide bonds. The highest BCUT2D eigenvalue weighted by molar-refractivity contribution is 7.99. The van der Waals surface area contributed by atoms with E-state index in [0.29, 0.717) is 38.3 Å². The number of rotatable bonds is 6. The zero-order chi connectivity index (χ0) is 18.5. The molecule has 1 aromatic carbocycles. The van der Waals surface area contributed by atoms with E-state index in [1.807, 2.05) is 4.90 Å². The standard InChI is InChI=1S/C19H24FNO4S/c20-14-1-3-15(4-2-14)26-12-8-17(22)21-9-5-13(6-10-21)18-16(19(23)24)7-11-25-18/h1-4,13,16,18H,5-12H2,(H,23,24)/t16?,18-/m0/s1. The molecule has 0 aromatic heterocycles. The number of hydrogen-bond acceptors (Lipinski definition) is 4. The first kappa shape index (κ1) is 19.2. The van der Waals surface area contributed by atoms with Gasteiger partial charge < -0.3 is 14.7 Å². The SMILES string of the molecule is O=C(O)C1CCO[C@H]1C1CCN(C(=O)CCSc2ccc(F)cc2)CC1. The van der Waals surface area contributed by atoms with Gasteiger partial charge >= 0.3 is 5.97 Å². The van der Waals surface area contributed by atoms with Gasteiger partial charge in [0, 0.05) is 36.8 Å². The maximum absolute atomic E-state index is 12.9. The summed E-state index contributed by atoms with van der Waals surface area (Å²) in [7, 11) is 0. The van der Waals surface area contributed by atoms with Crippen molar-refractivity contribution < 1.29 is 23.8 Å². The molecule has 2 heterocycles. The van der Waals surface area contributed by atoms with Crippen LogP contribution < -0.4 is 0 Å². The predicted octanol–water partition coefficient (Wildman–Crippen LogP) is 3.04. The number of benzene rings is 1. The van der Waals surface area contributed by atoms with Crippen LogP contribution in [0.4, 0.5) is 4.39 Å². The van der Waals surface area contributed by atoms with Crippen molar-refractivity contribution in [3.63, 3.8) is 0 Å². The number of nitrogens with zero attached hydrogens (tertiary/aromatic N) is 1. The van der Waals surface area contributed by atoms with Crippen molar-refractivity contribution in [2.24, 2.45) is 11.8 Å². The molecule has 26 heavy (non-hydrogen) atoms. The number of carboxylic acids is 1. The van der Waals surface area contributed by atoms with Crippen molar-refractivity contribution in [3.8, 4) is 0 Å². The molecule has 7 heteroatoms. The summed E-state index contributed by atoms with van der Waals surface area (Å²) in [6, 6.07) is 6.28. The maximum atomic E-state index is 12.9. The van der Waals surface area contributed by atoms with Crippen molar-refractivity contribution in [2.45, 2.75) is 36.7 Å². The van der Waals surface area contributed by atoms with Gasteiger partial charge in [-0.3, -0.25) is 9.59 Å². The Morgan fingerprint density at radius 2 is 1.88 bits per heavy atom. The van der Waals surface area contributed by atoms with E-state index in [-0.39, 0.29) is 23.7 Å². The highest BCUT2D eigenvalue weighted by Gasteiger charge is 2.40. The average Bonchev–Trinajstić information content (AvgIpc) is 3.13. The molecule has 3 rings (SSSR count). The summed E-state index contributed by atoms with van der Waals surface area (Å²) in [6.45, 7) is 1.84. The van der Waals surface area contributed by atoms with Gasteiger partial charge in [-0.05, 0) is 49.4 Å². The third-order valence-electron chi connectivity index (χ3n) is 5.21. The molecular weight excluding hydrogens is 357 g/mol. The largest absolute Gasteiger partial charge is 0.481 e. The van der Waals surface area contributed by atoms with Gasteiger partial charge in [-0.25, -0.2) is 4.39 Å². The van der Waals surface area contributed by atoms with Crippen molar-refractivity contribution in [1.82, 2.24) is 4.90 Å². The summed E-state index contributed by atoms with van der Waals surface area (Å²) < 4.78 is 18.6. The number of carbonyl (C=O) groups is 2. The summed E-state index contributed by atoms with van der Waals surface area (Å²) in [5.74, 6) is -0.434. The fourth-order valence-electron chi connectivity index (χ4n) is 3.76. The maximum Gasteiger partial charge on any atom is 0.309 e. The van der Waals surface area contributed by atoms with Gasteiger partial charge in [0.25, 0.3) is 0 Å². The minimum absolute atomic E-state index is 0.125. The number of amides is 1. The lowest BCUT2D eigenvalue weighted by atomic mass is 9.84. The van der Waals surface area contributed by atoms with Gasteiger partial charge in [-0.2, -0.15) is 0 Å². The van der Waals surface area contributed by atoms with Crippen LogP contribution in [0.1, 0.15) is 25.7 Å². The van der Waals surface area contributed by atoms with Crippen LogP contribution in [0.5, 0.6) is 0 Å². The molecule has 2 fully saturated rings. The Morgan fingerprint density at radius 1 is 1.19 bits per heavy atom. The molecule has 1 N–H and O–H groups in total. The molecule has 0 aliphatic carbocycles. The molecule has 0 bridgehead atoms. The average molecular weight is 381 g/mol. The van der Waals surface area contributed by atoms with Gasteiger partial charge in [0.1, 0.15) is 5.82 Å². The number of carbonyl (C=O) groups excluding carboxylic acids is 1. The second-order valence-corrected chi connectivity index (χ2v) is 8.01. The lowest BCUT2D eigenvalue weighted by Gasteiger charge is -2.35. The second kappa shape index (κ2) is 8.86. The molecule has 142 valence electrons. The minimum atomic E-state index is -0.774. The molecule has 2 saturated heterocycles. The minimum Gasteiger partial charge on any atom is -0.481 e. The molecule has 0 saturated carbocycles. The van der Waals surface area contributed by atoms with E-state index in [0.717, 1.165) is 17.7 Å². The van der Waals surface area contributed by atoms with E-state index in [2.05, 4.69) is 0 Å². The smallest absolute Gasteiger partial charge is 0.309 e. The molecule has 2 aliphatic rings. The van der Waals surface area contributed by atoms with E-state index < -0.39 is 11.9 Å². The van der Waals surface area contributed by atoms with E-state index in [9.17, 15) is 19.1 Å². The number of likely N-dealkylation sites (tertiary alicyclic amines) is 1. The first-order valence-electron chi connectivity index (χ1n) is 9.05. The van der Waals surface area contributed by atoms with Gasteiger partial charge in [-0.15, -0.1) is 11.8 Å². The van der Waals surface area contributed by atoms with Gasteiger partial charge in [0.2, 0.25) is 5.91 Å². The highest BCUT2D eigenvalue weighted by Crippen LogP contribution is 2.33. The van der Waals surface area contributed by atoms with Crippen LogP contribution in [0, 0.1) is 17.7 Å². The number of ether oxygens (including phenoxy) is 1.